The molecule has 1 aromatic heterocycles. The highest BCUT2D eigenvalue weighted by molar-refractivity contribution is 7.75. The van der Waals surface area contributed by atoms with Crippen LogP contribution in [0.1, 0.15) is 4.88 Å². The molecule has 11 heavy (non-hydrogen) atoms. The summed E-state index contributed by atoms with van der Waals surface area (Å²) in [4.78, 5) is 0.879. The molecule has 1 N–H and O–H groups in total. The van der Waals surface area contributed by atoms with Crippen molar-refractivity contribution >= 4 is 23.1 Å². The molecule has 0 aromatic carbocycles. The second-order valence-electron chi connectivity index (χ2n) is 2.75. The molecule has 0 radical (unpaired) electrons. The Balaban J connectivity index is 2.99. The predicted octanol–water partition coefficient (Wildman–Crippen LogP) is 1.49. The highest BCUT2D eigenvalue weighted by Gasteiger charge is 2.12. The van der Waals surface area contributed by atoms with Crippen molar-refractivity contribution in [1.29, 1.82) is 0 Å². The maximum absolute atomic E-state index is 11.5. The van der Waals surface area contributed by atoms with Crippen molar-refractivity contribution < 1.29 is 9.67 Å². The molecule has 4 heteroatoms. The monoisotopic (exact) mass is 190 g/mol. The maximum atomic E-state index is 11.5. The molecule has 0 aliphatic rings. The number of aliphatic hydroxyl groups excluding tert-OH is 1. The van der Waals surface area contributed by atoms with Gasteiger partial charge in [-0.2, -0.15) is 0 Å². The van der Waals surface area contributed by atoms with E-state index in [1.54, 1.807) is 13.3 Å². The molecule has 2 nitrogen and oxygen atoms in total. The van der Waals surface area contributed by atoms with Gasteiger partial charge in [0.2, 0.25) is 0 Å². The second-order valence-corrected chi connectivity index (χ2v) is 7.40. The third-order valence-electron chi connectivity index (χ3n) is 1.33. The van der Waals surface area contributed by atoms with Gasteiger partial charge in [0, 0.05) is 4.88 Å². The van der Waals surface area contributed by atoms with Crippen LogP contribution in [0.2, 0.25) is 0 Å². The molecule has 0 amide bonds. The summed E-state index contributed by atoms with van der Waals surface area (Å²) < 4.78 is 12.4. The average molecular weight is 190 g/mol. The summed E-state index contributed by atoms with van der Waals surface area (Å²) in [5, 5.41) is 8.74. The van der Waals surface area contributed by atoms with Crippen LogP contribution in [0, 0.1) is 0 Å². The molecule has 62 valence electrons. The van der Waals surface area contributed by atoms with Gasteiger partial charge >= 0.3 is 0 Å². The molecule has 1 aromatic rings. The van der Waals surface area contributed by atoms with Crippen molar-refractivity contribution in [3.05, 3.63) is 17.0 Å². The average Bonchev–Trinajstić information content (AvgIpc) is 2.32. The van der Waals surface area contributed by atoms with Gasteiger partial charge in [-0.25, -0.2) is 0 Å². The Labute approximate surface area is 70.3 Å². The van der Waals surface area contributed by atoms with Crippen LogP contribution in [0.15, 0.2) is 12.1 Å². The van der Waals surface area contributed by atoms with E-state index < -0.39 is 7.14 Å². The normalized spacial score (nSPS) is 11.9. The largest absolute Gasteiger partial charge is 0.391 e. The van der Waals surface area contributed by atoms with Crippen molar-refractivity contribution in [2.24, 2.45) is 0 Å². The van der Waals surface area contributed by atoms with E-state index in [0.717, 1.165) is 9.50 Å². The van der Waals surface area contributed by atoms with Gasteiger partial charge in [-0.1, -0.05) is 0 Å². The highest BCUT2D eigenvalue weighted by Crippen LogP contribution is 2.37. The van der Waals surface area contributed by atoms with Gasteiger partial charge in [0.15, 0.2) is 0 Å². The second kappa shape index (κ2) is 3.10. The fourth-order valence-electron chi connectivity index (χ4n) is 0.741. The van der Waals surface area contributed by atoms with Crippen LogP contribution >= 0.6 is 18.5 Å². The van der Waals surface area contributed by atoms with Gasteiger partial charge in [-0.15, -0.1) is 11.3 Å². The molecule has 0 unspecified atom stereocenters. The molecule has 1 heterocycles. The molecular weight excluding hydrogens is 179 g/mol. The predicted molar refractivity (Wildman–Crippen MR) is 49.3 cm³/mol. The molecule has 0 aliphatic heterocycles. The van der Waals surface area contributed by atoms with E-state index in [1.807, 2.05) is 12.1 Å². The van der Waals surface area contributed by atoms with Crippen LogP contribution < -0.4 is 4.62 Å². The minimum Gasteiger partial charge on any atom is -0.391 e. The first-order valence-electron chi connectivity index (χ1n) is 3.29. The number of hydrogen-bond donors (Lipinski definition) is 1. The van der Waals surface area contributed by atoms with Crippen LogP contribution in [0.3, 0.4) is 0 Å². The van der Waals surface area contributed by atoms with Gasteiger partial charge < -0.3 is 9.67 Å². The van der Waals surface area contributed by atoms with E-state index in [4.69, 9.17) is 5.11 Å². The van der Waals surface area contributed by atoms with E-state index >= 15 is 0 Å². The van der Waals surface area contributed by atoms with E-state index in [2.05, 4.69) is 0 Å². The number of rotatable bonds is 2. The lowest BCUT2D eigenvalue weighted by atomic mass is 10.5. The topological polar surface area (TPSA) is 37.3 Å². The molecule has 0 atom stereocenters. The first kappa shape index (κ1) is 8.98. The third kappa shape index (κ3) is 2.16. The smallest absolute Gasteiger partial charge is 0.119 e. The zero-order valence-corrected chi connectivity index (χ0v) is 8.28. The summed E-state index contributed by atoms with van der Waals surface area (Å²) in [5.41, 5.74) is 0. The van der Waals surface area contributed by atoms with Crippen molar-refractivity contribution in [1.82, 2.24) is 0 Å². The molecule has 0 fully saturated rings. The fraction of sp³-hybridized carbons (Fsp3) is 0.429. The maximum Gasteiger partial charge on any atom is 0.119 e. The van der Waals surface area contributed by atoms with Crippen molar-refractivity contribution in [2.75, 3.05) is 13.3 Å². The Bertz CT molecular complexity index is 286. The van der Waals surface area contributed by atoms with E-state index in [0.29, 0.717) is 0 Å². The number of aliphatic hydroxyl groups is 1. The van der Waals surface area contributed by atoms with Gasteiger partial charge in [0.05, 0.1) is 11.2 Å². The zero-order valence-electron chi connectivity index (χ0n) is 6.57. The lowest BCUT2D eigenvalue weighted by molar-refractivity contribution is 0.285. The Morgan fingerprint density at radius 1 is 1.55 bits per heavy atom. The summed E-state index contributed by atoms with van der Waals surface area (Å²) in [7, 11) is -2.10. The van der Waals surface area contributed by atoms with Crippen LogP contribution in [-0.2, 0) is 11.2 Å². The lowest BCUT2D eigenvalue weighted by Crippen LogP contribution is -1.93. The molecule has 0 spiro atoms. The van der Waals surface area contributed by atoms with Crippen LogP contribution in [0.4, 0.5) is 0 Å². The van der Waals surface area contributed by atoms with Gasteiger partial charge in [0.25, 0.3) is 0 Å². The summed E-state index contributed by atoms with van der Waals surface area (Å²) in [5.74, 6) is 0. The Morgan fingerprint density at radius 3 is 2.45 bits per heavy atom. The summed E-state index contributed by atoms with van der Waals surface area (Å²) in [6, 6.07) is 3.65. The highest BCUT2D eigenvalue weighted by atomic mass is 32.1. The van der Waals surface area contributed by atoms with Gasteiger partial charge in [-0.3, -0.25) is 0 Å². The van der Waals surface area contributed by atoms with Crippen LogP contribution in [-0.4, -0.2) is 18.4 Å². The number of thiophene rings is 1. The van der Waals surface area contributed by atoms with Gasteiger partial charge in [-0.05, 0) is 25.5 Å². The molecule has 1 rings (SSSR count). The zero-order chi connectivity index (χ0) is 8.48. The Kier molecular flexibility index (Phi) is 2.53. The fourth-order valence-corrected chi connectivity index (χ4v) is 3.01. The van der Waals surface area contributed by atoms with Crippen molar-refractivity contribution in [2.45, 2.75) is 6.61 Å². The van der Waals surface area contributed by atoms with Crippen molar-refractivity contribution in [3.8, 4) is 0 Å². The minimum absolute atomic E-state index is 0.0463. The summed E-state index contributed by atoms with van der Waals surface area (Å²) >= 11 is 1.43. The molecule has 0 bridgehead atoms. The molecule has 0 saturated heterocycles. The van der Waals surface area contributed by atoms with Crippen LogP contribution in [0.5, 0.6) is 0 Å². The third-order valence-corrected chi connectivity index (χ3v) is 5.01. The lowest BCUT2D eigenvalue weighted by Gasteiger charge is -2.00. The van der Waals surface area contributed by atoms with E-state index in [9.17, 15) is 4.57 Å². The van der Waals surface area contributed by atoms with E-state index in [-0.39, 0.29) is 6.61 Å². The van der Waals surface area contributed by atoms with Gasteiger partial charge in [0.1, 0.15) is 7.14 Å². The number of hydrogen-bond acceptors (Lipinski definition) is 3. The Hall–Kier alpha value is -0.110. The molecule has 0 saturated carbocycles. The quantitative estimate of drug-likeness (QED) is 0.717. The van der Waals surface area contributed by atoms with E-state index in [1.165, 1.54) is 11.3 Å². The first-order chi connectivity index (χ1) is 5.04. The van der Waals surface area contributed by atoms with Crippen molar-refractivity contribution in [3.63, 3.8) is 0 Å². The molecular formula is C7H11O2PS. The Morgan fingerprint density at radius 2 is 2.18 bits per heavy atom. The summed E-state index contributed by atoms with van der Waals surface area (Å²) in [6.07, 6.45) is 0. The minimum atomic E-state index is -2.10. The SMILES string of the molecule is CP(C)(=O)c1ccc(CO)s1. The standard InChI is InChI=1S/C7H11O2PS/c1-10(2,9)7-4-3-6(5-8)11-7/h3-4,8H,5H2,1-2H3. The van der Waals surface area contributed by atoms with Crippen LogP contribution in [0.25, 0.3) is 0 Å². The first-order valence-corrected chi connectivity index (χ1v) is 6.71. The summed E-state index contributed by atoms with van der Waals surface area (Å²) in [6.45, 7) is 3.52. The molecule has 0 aliphatic carbocycles.